The number of hydrogen-bond acceptors (Lipinski definition) is 1. The number of nitrogens with one attached hydrogen (secondary N) is 1. The smallest absolute Gasteiger partial charge is 0.000252 e. The summed E-state index contributed by atoms with van der Waals surface area (Å²) in [5.74, 6) is 0. The molecule has 0 aliphatic heterocycles. The summed E-state index contributed by atoms with van der Waals surface area (Å²) in [7, 11) is 0. The van der Waals surface area contributed by atoms with Crippen LogP contribution in [0.4, 0.5) is 0 Å². The lowest BCUT2D eigenvalue weighted by atomic mass is 9.87. The summed E-state index contributed by atoms with van der Waals surface area (Å²) >= 11 is 0. The van der Waals surface area contributed by atoms with E-state index in [0.717, 1.165) is 0 Å². The van der Waals surface area contributed by atoms with Crippen LogP contribution in [0.15, 0.2) is 0 Å². The molecule has 0 heterocycles. The topological polar surface area (TPSA) is 12.0 Å². The van der Waals surface area contributed by atoms with Gasteiger partial charge in [0, 0.05) is 6.54 Å². The van der Waals surface area contributed by atoms with Gasteiger partial charge < -0.3 is 5.32 Å². The minimum absolute atomic E-state index is 0.489. The quantitative estimate of drug-likeness (QED) is 0.554. The molecule has 0 aromatic rings. The Balaban J connectivity index is 3.40. The van der Waals surface area contributed by atoms with Gasteiger partial charge in [-0.05, 0) is 24.8 Å². The molecule has 0 aromatic heterocycles. The maximum atomic E-state index is 3.55. The van der Waals surface area contributed by atoms with E-state index in [-0.39, 0.29) is 0 Å². The highest BCUT2D eigenvalue weighted by molar-refractivity contribution is 4.71. The Hall–Kier alpha value is -0.0400. The van der Waals surface area contributed by atoms with Gasteiger partial charge in [-0.3, -0.25) is 0 Å². The highest BCUT2D eigenvalue weighted by Crippen LogP contribution is 2.22. The van der Waals surface area contributed by atoms with Crippen LogP contribution in [-0.4, -0.2) is 13.1 Å². The fourth-order valence-electron chi connectivity index (χ4n) is 1.67. The molecule has 1 nitrogen and oxygen atoms in total. The van der Waals surface area contributed by atoms with E-state index >= 15 is 0 Å². The highest BCUT2D eigenvalue weighted by atomic mass is 14.9. The Morgan fingerprint density at radius 3 is 2.14 bits per heavy atom. The average Bonchev–Trinajstić information content (AvgIpc) is 2.13. The first-order valence-electron chi connectivity index (χ1n) is 6.33. The van der Waals surface area contributed by atoms with Crippen molar-refractivity contribution in [3.63, 3.8) is 0 Å². The molecule has 0 saturated heterocycles. The van der Waals surface area contributed by atoms with Gasteiger partial charge in [0.1, 0.15) is 0 Å². The van der Waals surface area contributed by atoms with Crippen LogP contribution in [0, 0.1) is 5.41 Å². The molecule has 1 N–H and O–H groups in total. The molecule has 0 fully saturated rings. The monoisotopic (exact) mass is 199 g/mol. The van der Waals surface area contributed by atoms with E-state index in [4.69, 9.17) is 0 Å². The molecule has 86 valence electrons. The predicted molar refractivity (Wildman–Crippen MR) is 65.7 cm³/mol. The van der Waals surface area contributed by atoms with Crippen molar-refractivity contribution >= 4 is 0 Å². The Bertz CT molecular complexity index is 118. The first kappa shape index (κ1) is 14.0. The van der Waals surface area contributed by atoms with E-state index in [9.17, 15) is 0 Å². The molecule has 0 saturated carbocycles. The van der Waals surface area contributed by atoms with Crippen molar-refractivity contribution in [2.24, 2.45) is 5.41 Å². The first-order chi connectivity index (χ1) is 6.62. The molecule has 0 radical (unpaired) electrons. The van der Waals surface area contributed by atoms with Crippen molar-refractivity contribution in [2.75, 3.05) is 13.1 Å². The van der Waals surface area contributed by atoms with E-state index in [1.807, 2.05) is 0 Å². The fourth-order valence-corrected chi connectivity index (χ4v) is 1.67. The Morgan fingerprint density at radius 1 is 0.929 bits per heavy atom. The lowest BCUT2D eigenvalue weighted by Crippen LogP contribution is -2.30. The largest absolute Gasteiger partial charge is 0.316 e. The summed E-state index contributed by atoms with van der Waals surface area (Å²) in [6, 6.07) is 0. The molecule has 0 aliphatic rings. The maximum absolute atomic E-state index is 3.55. The van der Waals surface area contributed by atoms with Gasteiger partial charge in [-0.15, -0.1) is 0 Å². The third kappa shape index (κ3) is 8.55. The Labute approximate surface area is 90.7 Å². The molecular formula is C13H29N. The molecule has 1 heteroatoms. The van der Waals surface area contributed by atoms with Crippen LogP contribution in [-0.2, 0) is 0 Å². The van der Waals surface area contributed by atoms with Gasteiger partial charge >= 0.3 is 0 Å². The average molecular weight is 199 g/mol. The molecule has 0 atom stereocenters. The van der Waals surface area contributed by atoms with Gasteiger partial charge in [0.05, 0.1) is 0 Å². The third-order valence-corrected chi connectivity index (χ3v) is 2.77. The maximum Gasteiger partial charge on any atom is 0.000252 e. The van der Waals surface area contributed by atoms with Gasteiger partial charge in [-0.2, -0.15) is 0 Å². The summed E-state index contributed by atoms with van der Waals surface area (Å²) in [6.07, 6.45) is 8.07. The van der Waals surface area contributed by atoms with Crippen LogP contribution in [0.25, 0.3) is 0 Å². The third-order valence-electron chi connectivity index (χ3n) is 2.77. The van der Waals surface area contributed by atoms with Crippen LogP contribution in [0.1, 0.15) is 66.2 Å². The second kappa shape index (κ2) is 8.28. The predicted octanol–water partition coefficient (Wildman–Crippen LogP) is 3.98. The molecule has 14 heavy (non-hydrogen) atoms. The van der Waals surface area contributed by atoms with E-state index < -0.39 is 0 Å². The molecule has 0 amide bonds. The van der Waals surface area contributed by atoms with Crippen LogP contribution in [0.5, 0.6) is 0 Å². The highest BCUT2D eigenvalue weighted by Gasteiger charge is 2.15. The summed E-state index contributed by atoms with van der Waals surface area (Å²) in [4.78, 5) is 0. The van der Waals surface area contributed by atoms with Gasteiger partial charge in [-0.25, -0.2) is 0 Å². The van der Waals surface area contributed by atoms with Crippen LogP contribution in [0.2, 0.25) is 0 Å². The lowest BCUT2D eigenvalue weighted by molar-refractivity contribution is 0.302. The van der Waals surface area contributed by atoms with Gasteiger partial charge in [0.2, 0.25) is 0 Å². The molecule has 0 spiro atoms. The lowest BCUT2D eigenvalue weighted by Gasteiger charge is -2.25. The van der Waals surface area contributed by atoms with Crippen molar-refractivity contribution in [3.8, 4) is 0 Å². The Kier molecular flexibility index (Phi) is 8.26. The van der Waals surface area contributed by atoms with E-state index in [0.29, 0.717) is 5.41 Å². The second-order valence-electron chi connectivity index (χ2n) is 5.15. The van der Waals surface area contributed by atoms with Gasteiger partial charge in [0.25, 0.3) is 0 Å². The fraction of sp³-hybridized carbons (Fsp3) is 1.00. The Morgan fingerprint density at radius 2 is 1.57 bits per heavy atom. The van der Waals surface area contributed by atoms with Crippen molar-refractivity contribution in [1.29, 1.82) is 0 Å². The van der Waals surface area contributed by atoms with Crippen LogP contribution >= 0.6 is 0 Å². The summed E-state index contributed by atoms with van der Waals surface area (Å²) in [5, 5.41) is 3.55. The van der Waals surface area contributed by atoms with Gasteiger partial charge in [-0.1, -0.05) is 53.4 Å². The molecule has 0 unspecified atom stereocenters. The second-order valence-corrected chi connectivity index (χ2v) is 5.15. The normalized spacial score (nSPS) is 12.0. The van der Waals surface area contributed by atoms with E-state index in [2.05, 4.69) is 33.0 Å². The minimum atomic E-state index is 0.489. The van der Waals surface area contributed by atoms with E-state index in [1.165, 1.54) is 51.6 Å². The SMILES string of the molecule is CCCCCC(C)(C)CNCCCC. The van der Waals surface area contributed by atoms with Crippen molar-refractivity contribution in [3.05, 3.63) is 0 Å². The first-order valence-corrected chi connectivity index (χ1v) is 6.33. The number of rotatable bonds is 9. The molecule has 0 bridgehead atoms. The van der Waals surface area contributed by atoms with Gasteiger partial charge in [0.15, 0.2) is 0 Å². The summed E-state index contributed by atoms with van der Waals surface area (Å²) in [5.41, 5.74) is 0.489. The van der Waals surface area contributed by atoms with E-state index in [1.54, 1.807) is 0 Å². The summed E-state index contributed by atoms with van der Waals surface area (Å²) in [6.45, 7) is 11.6. The van der Waals surface area contributed by atoms with Crippen molar-refractivity contribution in [1.82, 2.24) is 5.32 Å². The van der Waals surface area contributed by atoms with Crippen LogP contribution in [0.3, 0.4) is 0 Å². The minimum Gasteiger partial charge on any atom is -0.316 e. The molecule has 0 rings (SSSR count). The molecular weight excluding hydrogens is 170 g/mol. The van der Waals surface area contributed by atoms with Crippen molar-refractivity contribution in [2.45, 2.75) is 66.2 Å². The molecule has 0 aromatic carbocycles. The summed E-state index contributed by atoms with van der Waals surface area (Å²) < 4.78 is 0. The number of hydrogen-bond donors (Lipinski definition) is 1. The zero-order valence-electron chi connectivity index (χ0n) is 10.7. The zero-order chi connectivity index (χ0) is 10.9. The van der Waals surface area contributed by atoms with Crippen molar-refractivity contribution < 1.29 is 0 Å². The molecule has 0 aliphatic carbocycles. The zero-order valence-corrected chi connectivity index (χ0v) is 10.7. The standard InChI is InChI=1S/C13H29N/c1-5-7-9-10-13(3,4)12-14-11-8-6-2/h14H,5-12H2,1-4H3. The van der Waals surface area contributed by atoms with Crippen LogP contribution < -0.4 is 5.32 Å². The number of unbranched alkanes of at least 4 members (excludes halogenated alkanes) is 3.